The van der Waals surface area contributed by atoms with E-state index in [1.165, 1.54) is 10.4 Å². The molecule has 1 aromatic heterocycles. The van der Waals surface area contributed by atoms with E-state index in [9.17, 15) is 13.2 Å². The first kappa shape index (κ1) is 20.9. The Hall–Kier alpha value is -2.32. The number of nitrogens with zero attached hydrogens (tertiary/aromatic N) is 2. The number of carbonyl (C=O) groups excluding carboxylic acids is 1. The number of nitrogens with one attached hydrogen (secondary N) is 1. The highest BCUT2D eigenvalue weighted by atomic mass is 32.2. The summed E-state index contributed by atoms with van der Waals surface area (Å²) < 4.78 is 28.1. The summed E-state index contributed by atoms with van der Waals surface area (Å²) in [5.41, 5.74) is 2.08. The molecule has 0 atom stereocenters. The van der Waals surface area contributed by atoms with Gasteiger partial charge in [-0.2, -0.15) is 0 Å². The first-order chi connectivity index (χ1) is 14.4. The topological polar surface area (TPSA) is 81.1 Å². The summed E-state index contributed by atoms with van der Waals surface area (Å²) in [7, 11) is -3.84. The number of fused-ring (bicyclic) bond motifs is 1. The molecule has 2 aromatic carbocycles. The van der Waals surface area contributed by atoms with Crippen molar-refractivity contribution in [2.24, 2.45) is 0 Å². The fourth-order valence-corrected chi connectivity index (χ4v) is 6.29. The number of aromatic nitrogens is 2. The van der Waals surface area contributed by atoms with Crippen LogP contribution in [-0.4, -0.2) is 35.1 Å². The summed E-state index contributed by atoms with van der Waals surface area (Å²) >= 11 is 1.15. The third kappa shape index (κ3) is 4.39. The van der Waals surface area contributed by atoms with Gasteiger partial charge < -0.3 is 5.32 Å². The molecule has 1 fully saturated rings. The standard InChI is InChI=1S/C22H25N3O3S2/c1-16-11-13-18(14-12-16)30(27,28)25-20-10-6-5-9-19(20)24-22(25)29-15-21(26)23-17-7-3-2-4-8-17/h5-6,9-14,17H,2-4,7-8,15H2,1H3,(H,23,26). The van der Waals surface area contributed by atoms with E-state index in [-0.39, 0.29) is 22.6 Å². The van der Waals surface area contributed by atoms with Crippen molar-refractivity contribution in [2.45, 2.75) is 55.1 Å². The Morgan fingerprint density at radius 3 is 2.53 bits per heavy atom. The van der Waals surface area contributed by atoms with Crippen LogP contribution in [0, 0.1) is 6.92 Å². The number of rotatable bonds is 6. The first-order valence-corrected chi connectivity index (χ1v) is 12.6. The molecule has 0 bridgehead atoms. The van der Waals surface area contributed by atoms with Crippen LogP contribution in [0.4, 0.5) is 0 Å². The molecular formula is C22H25N3O3S2. The zero-order valence-electron chi connectivity index (χ0n) is 16.9. The van der Waals surface area contributed by atoms with E-state index < -0.39 is 10.0 Å². The Labute approximate surface area is 181 Å². The molecule has 0 unspecified atom stereocenters. The lowest BCUT2D eigenvalue weighted by Crippen LogP contribution is -2.37. The lowest BCUT2D eigenvalue weighted by atomic mass is 9.95. The molecule has 8 heteroatoms. The summed E-state index contributed by atoms with van der Waals surface area (Å²) in [5, 5.41) is 3.37. The van der Waals surface area contributed by atoms with Crippen molar-refractivity contribution in [2.75, 3.05) is 5.75 Å². The second-order valence-electron chi connectivity index (χ2n) is 7.66. The minimum Gasteiger partial charge on any atom is -0.353 e. The number of benzene rings is 2. The highest BCUT2D eigenvalue weighted by Crippen LogP contribution is 2.29. The first-order valence-electron chi connectivity index (χ1n) is 10.2. The molecule has 1 saturated carbocycles. The molecule has 0 aliphatic heterocycles. The Kier molecular flexibility index (Phi) is 6.15. The third-order valence-electron chi connectivity index (χ3n) is 5.35. The van der Waals surface area contributed by atoms with Gasteiger partial charge in [-0.25, -0.2) is 17.4 Å². The Balaban J connectivity index is 1.62. The zero-order valence-corrected chi connectivity index (χ0v) is 18.5. The lowest BCUT2D eigenvalue weighted by molar-refractivity contribution is -0.119. The average Bonchev–Trinajstić information content (AvgIpc) is 3.12. The largest absolute Gasteiger partial charge is 0.353 e. The summed E-state index contributed by atoms with van der Waals surface area (Å²) in [6.45, 7) is 1.91. The van der Waals surface area contributed by atoms with Gasteiger partial charge in [0.1, 0.15) is 0 Å². The maximum absolute atomic E-state index is 13.4. The molecular weight excluding hydrogens is 418 g/mol. The van der Waals surface area contributed by atoms with Gasteiger partial charge in [-0.1, -0.05) is 60.9 Å². The van der Waals surface area contributed by atoms with Crippen molar-refractivity contribution in [3.8, 4) is 0 Å². The normalized spacial score (nSPS) is 15.4. The van der Waals surface area contributed by atoms with E-state index in [1.807, 2.05) is 13.0 Å². The van der Waals surface area contributed by atoms with Crippen LogP contribution in [-0.2, 0) is 14.8 Å². The van der Waals surface area contributed by atoms with Crippen molar-refractivity contribution in [1.82, 2.24) is 14.3 Å². The highest BCUT2D eigenvalue weighted by molar-refractivity contribution is 8.00. The smallest absolute Gasteiger partial charge is 0.270 e. The maximum Gasteiger partial charge on any atom is 0.270 e. The van der Waals surface area contributed by atoms with Crippen LogP contribution in [0.15, 0.2) is 58.6 Å². The number of thioether (sulfide) groups is 1. The predicted molar refractivity (Wildman–Crippen MR) is 119 cm³/mol. The number of aryl methyl sites for hydroxylation is 1. The fourth-order valence-electron chi connectivity index (χ4n) is 3.77. The van der Waals surface area contributed by atoms with Crippen molar-refractivity contribution in [3.63, 3.8) is 0 Å². The maximum atomic E-state index is 13.4. The van der Waals surface area contributed by atoms with Crippen molar-refractivity contribution < 1.29 is 13.2 Å². The number of carbonyl (C=O) groups is 1. The lowest BCUT2D eigenvalue weighted by Gasteiger charge is -2.22. The number of amides is 1. The molecule has 30 heavy (non-hydrogen) atoms. The molecule has 1 aliphatic carbocycles. The predicted octanol–water partition coefficient (Wildman–Crippen LogP) is 4.12. The van der Waals surface area contributed by atoms with Crippen molar-refractivity contribution in [3.05, 3.63) is 54.1 Å². The van der Waals surface area contributed by atoms with Crippen LogP contribution in [0.1, 0.15) is 37.7 Å². The summed E-state index contributed by atoms with van der Waals surface area (Å²) in [4.78, 5) is 17.2. The van der Waals surface area contributed by atoms with Crippen LogP contribution >= 0.6 is 11.8 Å². The molecule has 1 heterocycles. The van der Waals surface area contributed by atoms with E-state index in [0.717, 1.165) is 43.0 Å². The van der Waals surface area contributed by atoms with Gasteiger partial charge in [0.15, 0.2) is 5.16 Å². The van der Waals surface area contributed by atoms with Crippen LogP contribution in [0.3, 0.4) is 0 Å². The van der Waals surface area contributed by atoms with Crippen molar-refractivity contribution in [1.29, 1.82) is 0 Å². The number of hydrogen-bond donors (Lipinski definition) is 1. The zero-order chi connectivity index (χ0) is 21.1. The fraction of sp³-hybridized carbons (Fsp3) is 0.364. The average molecular weight is 444 g/mol. The van der Waals surface area contributed by atoms with Gasteiger partial charge in [0, 0.05) is 6.04 Å². The van der Waals surface area contributed by atoms with Gasteiger partial charge in [0.25, 0.3) is 10.0 Å². The minimum atomic E-state index is -3.84. The van der Waals surface area contributed by atoms with Gasteiger partial charge in [-0.05, 0) is 44.0 Å². The molecule has 0 saturated heterocycles. The Morgan fingerprint density at radius 1 is 1.10 bits per heavy atom. The van der Waals surface area contributed by atoms with Crippen LogP contribution in [0.2, 0.25) is 0 Å². The number of hydrogen-bond acceptors (Lipinski definition) is 5. The van der Waals surface area contributed by atoms with Crippen LogP contribution in [0.25, 0.3) is 11.0 Å². The van der Waals surface area contributed by atoms with Crippen LogP contribution < -0.4 is 5.32 Å². The summed E-state index contributed by atoms with van der Waals surface area (Å²) in [5.74, 6) is 0.0433. The van der Waals surface area contributed by atoms with Gasteiger partial charge in [0.05, 0.1) is 21.7 Å². The molecule has 4 rings (SSSR count). The quantitative estimate of drug-likeness (QED) is 0.580. The van der Waals surface area contributed by atoms with Gasteiger partial charge in [0.2, 0.25) is 5.91 Å². The second kappa shape index (κ2) is 8.81. The molecule has 0 spiro atoms. The van der Waals surface area contributed by atoms with Crippen molar-refractivity contribution >= 4 is 38.7 Å². The Bertz CT molecular complexity index is 1150. The van der Waals surface area contributed by atoms with E-state index >= 15 is 0 Å². The molecule has 158 valence electrons. The van der Waals surface area contributed by atoms with E-state index in [2.05, 4.69) is 10.3 Å². The summed E-state index contributed by atoms with van der Waals surface area (Å²) in [6, 6.07) is 14.1. The molecule has 0 radical (unpaired) electrons. The molecule has 3 aromatic rings. The van der Waals surface area contributed by atoms with E-state index in [0.29, 0.717) is 16.2 Å². The number of imidazole rings is 1. The molecule has 1 aliphatic rings. The van der Waals surface area contributed by atoms with Gasteiger partial charge in [-0.3, -0.25) is 4.79 Å². The van der Waals surface area contributed by atoms with E-state index in [4.69, 9.17) is 0 Å². The van der Waals surface area contributed by atoms with Crippen LogP contribution in [0.5, 0.6) is 0 Å². The molecule has 6 nitrogen and oxygen atoms in total. The Morgan fingerprint density at radius 2 is 1.80 bits per heavy atom. The SMILES string of the molecule is Cc1ccc(S(=O)(=O)n2c(SCC(=O)NC3CCCCC3)nc3ccccc32)cc1. The van der Waals surface area contributed by atoms with E-state index in [1.54, 1.807) is 42.5 Å². The number of para-hydroxylation sites is 2. The summed E-state index contributed by atoms with van der Waals surface area (Å²) in [6.07, 6.45) is 5.53. The highest BCUT2D eigenvalue weighted by Gasteiger charge is 2.25. The second-order valence-corrected chi connectivity index (χ2v) is 10.4. The molecule has 1 amide bonds. The monoisotopic (exact) mass is 443 g/mol. The van der Waals surface area contributed by atoms with Gasteiger partial charge in [-0.15, -0.1) is 0 Å². The van der Waals surface area contributed by atoms with Gasteiger partial charge >= 0.3 is 0 Å². The molecule has 1 N–H and O–H groups in total. The third-order valence-corrected chi connectivity index (χ3v) is 8.12. The minimum absolute atomic E-state index is 0.0850.